The first-order valence-electron chi connectivity index (χ1n) is 17.7. The Labute approximate surface area is 293 Å². The van der Waals surface area contributed by atoms with Gasteiger partial charge >= 0.3 is 0 Å². The summed E-state index contributed by atoms with van der Waals surface area (Å²) in [6.07, 6.45) is 4.77. The van der Waals surface area contributed by atoms with Crippen LogP contribution < -0.4 is 10.2 Å². The second-order valence-corrected chi connectivity index (χ2v) is 15.2. The number of thiazole rings is 1. The van der Waals surface area contributed by atoms with E-state index >= 15 is 0 Å². The van der Waals surface area contributed by atoms with Gasteiger partial charge in [0.15, 0.2) is 17.4 Å². The van der Waals surface area contributed by atoms with Crippen molar-refractivity contribution < 1.29 is 23.6 Å². The van der Waals surface area contributed by atoms with Gasteiger partial charge in [-0.15, -0.1) is 11.3 Å². The van der Waals surface area contributed by atoms with Gasteiger partial charge in [0.2, 0.25) is 11.8 Å². The Hall–Kier alpha value is -3.61. The fraction of sp³-hybridized carbons (Fsp3) is 0.595. The molecule has 1 N–H and O–H groups in total. The van der Waals surface area contributed by atoms with Gasteiger partial charge in [0.25, 0.3) is 0 Å². The number of hydrogen-bond donors (Lipinski definition) is 1. The largest absolute Gasteiger partial charge is 0.381 e. The maximum Gasteiger partial charge on any atom is 0.243 e. The molecule has 0 unspecified atom stereocenters. The number of ketones is 1. The Morgan fingerprint density at radius 3 is 2.41 bits per heavy atom. The maximum absolute atomic E-state index is 14.1. The van der Waals surface area contributed by atoms with E-state index in [1.165, 1.54) is 4.90 Å². The number of benzene rings is 1. The minimum absolute atomic E-state index is 0.000306. The lowest BCUT2D eigenvalue weighted by Crippen LogP contribution is -2.48. The Morgan fingerprint density at radius 1 is 1.06 bits per heavy atom. The Kier molecular flexibility index (Phi) is 11.2. The number of anilines is 1. The van der Waals surface area contributed by atoms with Crippen LogP contribution in [0.25, 0.3) is 10.4 Å². The molecular formula is C37H50N6O5S. The molecule has 3 fully saturated rings. The molecule has 12 heteroatoms. The highest BCUT2D eigenvalue weighted by atomic mass is 32.1. The molecule has 11 nitrogen and oxygen atoms in total. The minimum Gasteiger partial charge on any atom is -0.381 e. The summed E-state index contributed by atoms with van der Waals surface area (Å²) in [5.41, 5.74) is 4.84. The topological polar surface area (TPSA) is 121 Å². The van der Waals surface area contributed by atoms with E-state index in [-0.39, 0.29) is 42.5 Å². The van der Waals surface area contributed by atoms with Crippen LogP contribution >= 0.6 is 11.3 Å². The van der Waals surface area contributed by atoms with Crippen LogP contribution in [0.2, 0.25) is 0 Å². The lowest BCUT2D eigenvalue weighted by molar-refractivity contribution is -0.141. The molecule has 264 valence electrons. The second kappa shape index (κ2) is 15.5. The SMILES string of the molecule is COC1CCN(CC2CCN(c3cc([C@H](C(=O)N4CC(=O)C[C@H]4C(=O)N[C@@H](C)c4ccc(-c5scnc5C)cc4)C(C)C)on3)CC2)CC1. The van der Waals surface area contributed by atoms with Crippen molar-refractivity contribution in [3.63, 3.8) is 0 Å². The zero-order valence-corrected chi connectivity index (χ0v) is 30.2. The molecule has 0 bridgehead atoms. The van der Waals surface area contributed by atoms with Gasteiger partial charge < -0.3 is 29.3 Å². The first-order valence-corrected chi connectivity index (χ1v) is 18.6. The van der Waals surface area contributed by atoms with Crippen molar-refractivity contribution in [1.29, 1.82) is 0 Å². The summed E-state index contributed by atoms with van der Waals surface area (Å²) in [6.45, 7) is 12.8. The van der Waals surface area contributed by atoms with Gasteiger partial charge in [-0.05, 0) is 62.5 Å². The lowest BCUT2D eigenvalue weighted by atomic mass is 9.91. The number of nitrogens with one attached hydrogen (secondary N) is 1. The van der Waals surface area contributed by atoms with E-state index in [2.05, 4.69) is 25.3 Å². The van der Waals surface area contributed by atoms with Crippen molar-refractivity contribution in [1.82, 2.24) is 25.3 Å². The predicted molar refractivity (Wildman–Crippen MR) is 189 cm³/mol. The number of carbonyl (C=O) groups is 3. The highest BCUT2D eigenvalue weighted by Crippen LogP contribution is 2.34. The quantitative estimate of drug-likeness (QED) is 0.289. The summed E-state index contributed by atoms with van der Waals surface area (Å²) < 4.78 is 11.4. The first-order chi connectivity index (χ1) is 23.6. The summed E-state index contributed by atoms with van der Waals surface area (Å²) in [5, 5.41) is 7.44. The molecule has 5 heterocycles. The molecule has 49 heavy (non-hydrogen) atoms. The molecule has 2 amide bonds. The van der Waals surface area contributed by atoms with Crippen molar-refractivity contribution in [2.24, 2.45) is 11.8 Å². The molecule has 0 saturated carbocycles. The van der Waals surface area contributed by atoms with Crippen molar-refractivity contribution >= 4 is 34.8 Å². The number of aryl methyl sites for hydroxylation is 1. The van der Waals surface area contributed by atoms with E-state index in [0.29, 0.717) is 17.8 Å². The van der Waals surface area contributed by atoms with Crippen LogP contribution in [0.1, 0.15) is 81.9 Å². The van der Waals surface area contributed by atoms with E-state index in [1.54, 1.807) is 11.3 Å². The zero-order chi connectivity index (χ0) is 34.7. The standard InChI is InChI=1S/C37H50N6O5S/c1-23(2)34(32-19-33(40-48-32)42-16-10-26(11-17-42)20-41-14-12-30(47-5)13-15-41)37(46)43-21-29(44)18-31(43)36(45)39-24(3)27-6-8-28(9-7-27)35-25(4)38-22-49-35/h6-9,19,22-24,26,30-31,34H,10-18,20-21H2,1-5H3,(H,39,45)/t24-,31-,34+/m0/s1. The van der Waals surface area contributed by atoms with Crippen LogP contribution in [0, 0.1) is 18.8 Å². The average molecular weight is 691 g/mol. The molecule has 6 rings (SSSR count). The van der Waals surface area contributed by atoms with Gasteiger partial charge in [-0.2, -0.15) is 0 Å². The summed E-state index contributed by atoms with van der Waals surface area (Å²) in [7, 11) is 1.81. The number of methoxy groups -OCH3 is 1. The van der Waals surface area contributed by atoms with Gasteiger partial charge in [-0.25, -0.2) is 4.98 Å². The average Bonchev–Trinajstić information content (AvgIpc) is 3.85. The molecule has 0 radical (unpaired) electrons. The van der Waals surface area contributed by atoms with Crippen LogP contribution in [0.4, 0.5) is 5.82 Å². The molecule has 3 saturated heterocycles. The normalized spacial score (nSPS) is 21.0. The number of aromatic nitrogens is 2. The smallest absolute Gasteiger partial charge is 0.243 e. The number of carbonyl (C=O) groups excluding carboxylic acids is 3. The van der Waals surface area contributed by atoms with E-state index in [0.717, 1.165) is 85.9 Å². The molecule has 3 aromatic rings. The van der Waals surface area contributed by atoms with Crippen molar-refractivity contribution in [3.8, 4) is 10.4 Å². The zero-order valence-electron chi connectivity index (χ0n) is 29.4. The van der Waals surface area contributed by atoms with Crippen LogP contribution in [0.5, 0.6) is 0 Å². The lowest BCUT2D eigenvalue weighted by Gasteiger charge is -2.37. The predicted octanol–water partition coefficient (Wildman–Crippen LogP) is 5.22. The number of hydrogen-bond acceptors (Lipinski definition) is 10. The number of nitrogens with zero attached hydrogens (tertiary/aromatic N) is 5. The number of ether oxygens (including phenoxy) is 1. The fourth-order valence-electron chi connectivity index (χ4n) is 7.58. The third-order valence-electron chi connectivity index (χ3n) is 10.6. The molecule has 3 aliphatic heterocycles. The van der Waals surface area contributed by atoms with Crippen LogP contribution in [0.3, 0.4) is 0 Å². The Balaban J connectivity index is 1.06. The van der Waals surface area contributed by atoms with Gasteiger partial charge in [-0.1, -0.05) is 43.3 Å². The molecule has 0 aliphatic carbocycles. The van der Waals surface area contributed by atoms with Gasteiger partial charge in [0.1, 0.15) is 12.0 Å². The number of Topliss-reactive ketones (excluding diaryl/α,β-unsaturated/α-hetero) is 1. The minimum atomic E-state index is -0.871. The molecular weight excluding hydrogens is 641 g/mol. The van der Waals surface area contributed by atoms with Gasteiger partial charge in [0, 0.05) is 52.3 Å². The summed E-state index contributed by atoms with van der Waals surface area (Å²) in [5.74, 6) is 0.342. The van der Waals surface area contributed by atoms with Crippen molar-refractivity contribution in [3.05, 3.63) is 52.9 Å². The molecule has 3 aliphatic rings. The van der Waals surface area contributed by atoms with Crippen LogP contribution in [-0.2, 0) is 19.1 Å². The molecule has 2 aromatic heterocycles. The third-order valence-corrected chi connectivity index (χ3v) is 11.6. The highest BCUT2D eigenvalue weighted by Gasteiger charge is 2.43. The Bertz CT molecular complexity index is 1590. The number of likely N-dealkylation sites (tertiary alicyclic amines) is 2. The monoisotopic (exact) mass is 690 g/mol. The van der Waals surface area contributed by atoms with Crippen molar-refractivity contribution in [2.45, 2.75) is 83.9 Å². The summed E-state index contributed by atoms with van der Waals surface area (Å²) in [4.78, 5) is 52.1. The number of piperidine rings is 2. The van der Waals surface area contributed by atoms with Crippen molar-refractivity contribution in [2.75, 3.05) is 51.3 Å². The van der Waals surface area contributed by atoms with E-state index in [9.17, 15) is 14.4 Å². The highest BCUT2D eigenvalue weighted by molar-refractivity contribution is 7.13. The second-order valence-electron chi connectivity index (χ2n) is 14.3. The van der Waals surface area contributed by atoms with E-state index in [1.807, 2.05) is 70.6 Å². The summed E-state index contributed by atoms with van der Waals surface area (Å²) >= 11 is 1.60. The summed E-state index contributed by atoms with van der Waals surface area (Å²) in [6, 6.07) is 8.75. The molecule has 3 atom stereocenters. The fourth-order valence-corrected chi connectivity index (χ4v) is 8.39. The molecule has 1 aromatic carbocycles. The number of amides is 2. The van der Waals surface area contributed by atoms with Crippen LogP contribution in [-0.4, -0.2) is 96.1 Å². The molecule has 0 spiro atoms. The van der Waals surface area contributed by atoms with E-state index in [4.69, 9.17) is 9.26 Å². The third kappa shape index (κ3) is 8.07. The van der Waals surface area contributed by atoms with Gasteiger partial charge in [-0.3, -0.25) is 14.4 Å². The Morgan fingerprint density at radius 2 is 1.78 bits per heavy atom. The van der Waals surface area contributed by atoms with E-state index < -0.39 is 12.0 Å². The van der Waals surface area contributed by atoms with Crippen LogP contribution in [0.15, 0.2) is 40.4 Å². The first kappa shape index (κ1) is 35.2. The van der Waals surface area contributed by atoms with Gasteiger partial charge in [0.05, 0.1) is 34.8 Å². The maximum atomic E-state index is 14.1. The number of rotatable bonds is 11.